The molecule has 0 radical (unpaired) electrons. The molecule has 60 valence electrons. The van der Waals surface area contributed by atoms with Crippen molar-refractivity contribution >= 4 is 51.0 Å². The van der Waals surface area contributed by atoms with Gasteiger partial charge in [0, 0.05) is 0 Å². The smallest absolute Gasteiger partial charge is 0.222 e. The lowest BCUT2D eigenvalue weighted by atomic mass is 10.6. The number of rotatable bonds is 0. The molecular weight excluding hydrogens is 217 g/mol. The largest absolute Gasteiger partial charge is 0.226 e. The number of hydrogen-bond donors (Lipinski definition) is 0. The molecule has 2 rings (SSSR count). The highest BCUT2D eigenvalue weighted by Gasteiger charge is 2.12. The average Bonchev–Trinajstić information content (AvgIpc) is 2.11. The van der Waals surface area contributed by atoms with E-state index >= 15 is 0 Å². The zero-order valence-electron chi connectivity index (χ0n) is 5.58. The van der Waals surface area contributed by atoms with Crippen molar-refractivity contribution in [2.75, 3.05) is 0 Å². The lowest BCUT2D eigenvalue weighted by molar-refractivity contribution is 1.26. The maximum Gasteiger partial charge on any atom is 0.226 e. The second-order valence-corrected chi connectivity index (χ2v) is 3.46. The monoisotopic (exact) mass is 217 g/mol. The lowest BCUT2D eigenvalue weighted by Crippen LogP contribution is -1.91. The fourth-order valence-electron chi connectivity index (χ4n) is 0.693. The van der Waals surface area contributed by atoms with Crippen LogP contribution in [-0.4, -0.2) is 16.0 Å². The van der Waals surface area contributed by atoms with Crippen LogP contribution in [0.1, 0.15) is 0 Å². The molecule has 2 bridgehead atoms. The number of nitrogens with zero attached hydrogens (tertiary/aromatic N) is 3. The Bertz CT molecular complexity index is 388. The molecule has 12 heavy (non-hydrogen) atoms. The van der Waals surface area contributed by atoms with Crippen LogP contribution in [0.4, 0.5) is 0 Å². The van der Waals surface area contributed by atoms with Gasteiger partial charge in [0.2, 0.25) is 11.1 Å². The predicted octanol–water partition coefficient (Wildman–Crippen LogP) is 2.33. The molecular formula is C6HCl2N3S. The molecule has 0 saturated heterocycles. The maximum atomic E-state index is 5.77. The zero-order valence-corrected chi connectivity index (χ0v) is 7.91. The Kier molecular flexibility index (Phi) is 2.07. The molecule has 2 aliphatic rings. The molecule has 2 aliphatic heterocycles. The third-order valence-corrected chi connectivity index (χ3v) is 2.44. The summed E-state index contributed by atoms with van der Waals surface area (Å²) in [7, 11) is 0. The summed E-state index contributed by atoms with van der Waals surface area (Å²) >= 11 is 12.7. The van der Waals surface area contributed by atoms with Gasteiger partial charge in [0.15, 0.2) is 5.17 Å². The topological polar surface area (TPSA) is 37.1 Å². The minimum Gasteiger partial charge on any atom is -0.222 e. The van der Waals surface area contributed by atoms with E-state index in [-0.39, 0.29) is 5.29 Å². The molecule has 3 nitrogen and oxygen atoms in total. The van der Waals surface area contributed by atoms with Crippen LogP contribution >= 0.6 is 35.0 Å². The summed E-state index contributed by atoms with van der Waals surface area (Å²) in [4.78, 5) is 12.2. The Labute approximate surface area is 82.6 Å². The number of thioether (sulfide) groups is 1. The second-order valence-electron chi connectivity index (χ2n) is 1.91. The highest BCUT2D eigenvalue weighted by molar-refractivity contribution is 8.16. The van der Waals surface area contributed by atoms with Crippen LogP contribution in [0, 0.1) is 0 Å². The molecule has 0 saturated carbocycles. The summed E-state index contributed by atoms with van der Waals surface area (Å²) in [6, 6.07) is 0. The summed E-state index contributed by atoms with van der Waals surface area (Å²) in [5.74, 6) is 0.410. The Hall–Kier alpha value is -0.540. The van der Waals surface area contributed by atoms with E-state index in [1.165, 1.54) is 11.8 Å². The lowest BCUT2D eigenvalue weighted by Gasteiger charge is -1.97. The van der Waals surface area contributed by atoms with Gasteiger partial charge >= 0.3 is 0 Å². The van der Waals surface area contributed by atoms with E-state index in [1.54, 1.807) is 5.55 Å². The first-order valence-electron chi connectivity index (χ1n) is 2.94. The van der Waals surface area contributed by atoms with Crippen LogP contribution < -0.4 is 0 Å². The molecule has 0 spiro atoms. The highest BCUT2D eigenvalue weighted by atomic mass is 35.5. The zero-order chi connectivity index (χ0) is 8.55. The van der Waals surface area contributed by atoms with Gasteiger partial charge in [-0.1, -0.05) is 29.1 Å². The van der Waals surface area contributed by atoms with Crippen LogP contribution in [-0.2, 0) is 0 Å². The van der Waals surface area contributed by atoms with Crippen molar-refractivity contribution in [3.63, 3.8) is 0 Å². The number of hydrogen-bond acceptors (Lipinski definition) is 4. The van der Waals surface area contributed by atoms with Crippen molar-refractivity contribution in [3.05, 3.63) is 16.5 Å². The van der Waals surface area contributed by atoms with Crippen molar-refractivity contribution in [3.8, 4) is 0 Å². The summed E-state index contributed by atoms with van der Waals surface area (Å²) in [6.45, 7) is 0. The molecule has 2 heterocycles. The first-order valence-corrected chi connectivity index (χ1v) is 4.58. The van der Waals surface area contributed by atoms with Gasteiger partial charge in [0.1, 0.15) is 0 Å². The van der Waals surface area contributed by atoms with Gasteiger partial charge in [-0.2, -0.15) is 4.99 Å². The van der Waals surface area contributed by atoms with E-state index < -0.39 is 0 Å². The fraction of sp³-hybridized carbons (Fsp3) is 0. The Morgan fingerprint density at radius 3 is 3.00 bits per heavy atom. The van der Waals surface area contributed by atoms with E-state index in [4.69, 9.17) is 23.2 Å². The molecule has 0 aromatic rings. The van der Waals surface area contributed by atoms with E-state index in [2.05, 4.69) is 20.7 Å². The molecule has 6 heteroatoms. The first-order chi connectivity index (χ1) is 5.75. The van der Waals surface area contributed by atoms with Crippen LogP contribution in [0.5, 0.6) is 0 Å². The quantitative estimate of drug-likeness (QED) is 0.454. The van der Waals surface area contributed by atoms with E-state index in [1.807, 2.05) is 0 Å². The van der Waals surface area contributed by atoms with Crippen LogP contribution in [0.25, 0.3) is 0 Å². The van der Waals surface area contributed by atoms with Crippen LogP contribution in [0.3, 0.4) is 0 Å². The molecule has 0 aromatic heterocycles. The average molecular weight is 218 g/mol. The summed E-state index contributed by atoms with van der Waals surface area (Å²) < 4.78 is 0. The molecule has 0 aromatic carbocycles. The SMILES string of the molecule is ClC1=NC2=C=C(SC=N2)C(Cl)=N1. The summed E-state index contributed by atoms with van der Waals surface area (Å²) in [6.07, 6.45) is 0. The number of allylic oxidation sites excluding steroid dienone is 1. The third-order valence-electron chi connectivity index (χ3n) is 1.15. The number of aliphatic imine (C=N–C) groups is 3. The summed E-state index contributed by atoms with van der Waals surface area (Å²) in [5, 5.41) is 0.382. The molecule has 0 atom stereocenters. The minimum absolute atomic E-state index is 0.0807. The molecule has 0 aliphatic carbocycles. The van der Waals surface area contributed by atoms with Crippen molar-refractivity contribution in [2.45, 2.75) is 0 Å². The molecule has 0 amide bonds. The van der Waals surface area contributed by atoms with Gasteiger partial charge in [-0.3, -0.25) is 0 Å². The normalized spacial score (nSPS) is 20.5. The minimum atomic E-state index is 0.0807. The van der Waals surface area contributed by atoms with E-state index in [9.17, 15) is 0 Å². The van der Waals surface area contributed by atoms with Crippen LogP contribution in [0.15, 0.2) is 31.4 Å². The Morgan fingerprint density at radius 2 is 2.17 bits per heavy atom. The third kappa shape index (κ3) is 1.47. The van der Waals surface area contributed by atoms with Crippen LogP contribution in [0.2, 0.25) is 0 Å². The maximum absolute atomic E-state index is 5.77. The van der Waals surface area contributed by atoms with E-state index in [0.717, 1.165) is 0 Å². The first kappa shape index (κ1) is 8.08. The van der Waals surface area contributed by atoms with Crippen molar-refractivity contribution in [1.82, 2.24) is 0 Å². The highest BCUT2D eigenvalue weighted by Crippen LogP contribution is 2.24. The molecule has 0 N–H and O–H groups in total. The van der Waals surface area contributed by atoms with Gasteiger partial charge in [0.05, 0.1) is 10.5 Å². The van der Waals surface area contributed by atoms with Gasteiger partial charge in [-0.15, -0.1) is 0 Å². The van der Waals surface area contributed by atoms with Gasteiger partial charge in [-0.05, 0) is 11.6 Å². The standard InChI is InChI=1S/C6HCl2N3S/c7-5-3-1-4(9-2-12-3)10-6(8)11-5/h2H. The fourth-order valence-corrected chi connectivity index (χ4v) is 1.71. The number of halogens is 2. The van der Waals surface area contributed by atoms with Gasteiger partial charge in [-0.25, -0.2) is 9.98 Å². The molecule has 0 fully saturated rings. The van der Waals surface area contributed by atoms with Gasteiger partial charge < -0.3 is 0 Å². The second kappa shape index (κ2) is 3.07. The van der Waals surface area contributed by atoms with Crippen molar-refractivity contribution in [2.24, 2.45) is 15.0 Å². The van der Waals surface area contributed by atoms with Gasteiger partial charge in [0.25, 0.3) is 0 Å². The molecule has 0 unspecified atom stereocenters. The summed E-state index contributed by atoms with van der Waals surface area (Å²) in [5.41, 5.74) is 4.48. The number of amidine groups is 1. The Morgan fingerprint density at radius 1 is 1.33 bits per heavy atom. The van der Waals surface area contributed by atoms with Crippen molar-refractivity contribution in [1.29, 1.82) is 0 Å². The Balaban J connectivity index is 2.60. The van der Waals surface area contributed by atoms with Crippen molar-refractivity contribution < 1.29 is 0 Å². The van der Waals surface area contributed by atoms with E-state index in [0.29, 0.717) is 15.9 Å². The predicted molar refractivity (Wildman–Crippen MR) is 53.2 cm³/mol.